The lowest BCUT2D eigenvalue weighted by Crippen LogP contribution is -2.43. The van der Waals surface area contributed by atoms with Gasteiger partial charge < -0.3 is 15.0 Å². The molecule has 1 N–H and O–H groups in total. The van der Waals surface area contributed by atoms with E-state index in [1.165, 1.54) is 17.8 Å². The second kappa shape index (κ2) is 11.0. The molecule has 2 saturated heterocycles. The molecule has 7 heteroatoms. The Kier molecular flexibility index (Phi) is 9.31. The van der Waals surface area contributed by atoms with Crippen molar-refractivity contribution in [3.63, 3.8) is 0 Å². The minimum atomic E-state index is 0. The monoisotopic (exact) mass is 506 g/mol. The highest BCUT2D eigenvalue weighted by atomic mass is 127. The summed E-state index contributed by atoms with van der Waals surface area (Å²) in [4.78, 5) is 11.4. The molecule has 0 radical (unpaired) electrons. The molecule has 2 aliphatic rings. The number of ether oxygens (including phenoxy) is 1. The van der Waals surface area contributed by atoms with E-state index in [-0.39, 0.29) is 29.4 Å². The minimum absolute atomic E-state index is 0. The smallest absolute Gasteiger partial charge is 0.193 e. The van der Waals surface area contributed by atoms with Gasteiger partial charge in [0.25, 0.3) is 0 Å². The highest BCUT2D eigenvalue weighted by Gasteiger charge is 2.28. The van der Waals surface area contributed by atoms with Gasteiger partial charge in [-0.25, -0.2) is 0 Å². The van der Waals surface area contributed by atoms with Gasteiger partial charge in [0.05, 0.1) is 19.8 Å². The van der Waals surface area contributed by atoms with E-state index in [2.05, 4.69) is 53.4 Å². The van der Waals surface area contributed by atoms with Crippen LogP contribution in [0.3, 0.4) is 0 Å². The average molecular weight is 506 g/mol. The predicted octanol–water partition coefficient (Wildman–Crippen LogP) is 3.26. The third-order valence-electron chi connectivity index (χ3n) is 5.35. The molecule has 1 aromatic rings. The summed E-state index contributed by atoms with van der Waals surface area (Å²) in [5, 5.41) is 5.67. The van der Waals surface area contributed by atoms with E-state index < -0.39 is 0 Å². The lowest BCUT2D eigenvalue weighted by Gasteiger charge is -2.29. The molecule has 0 bridgehead atoms. The van der Waals surface area contributed by atoms with E-state index in [1.807, 2.05) is 11.3 Å². The quantitative estimate of drug-likeness (QED) is 0.366. The lowest BCUT2D eigenvalue weighted by atomic mass is 9.92. The van der Waals surface area contributed by atoms with Crippen molar-refractivity contribution in [3.05, 3.63) is 22.4 Å². The third kappa shape index (κ3) is 6.58. The molecule has 2 fully saturated rings. The maximum atomic E-state index is 5.47. The zero-order valence-electron chi connectivity index (χ0n) is 16.9. The van der Waals surface area contributed by atoms with Gasteiger partial charge in [-0.05, 0) is 30.7 Å². The topological polar surface area (TPSA) is 40.1 Å². The maximum Gasteiger partial charge on any atom is 0.193 e. The fourth-order valence-corrected chi connectivity index (χ4v) is 4.61. The predicted molar refractivity (Wildman–Crippen MR) is 126 cm³/mol. The molecule has 27 heavy (non-hydrogen) atoms. The van der Waals surface area contributed by atoms with Crippen LogP contribution in [0.4, 0.5) is 0 Å². The van der Waals surface area contributed by atoms with Crippen molar-refractivity contribution in [2.45, 2.75) is 32.6 Å². The number of thiophene rings is 1. The number of likely N-dealkylation sites (tertiary alicyclic amines) is 1. The van der Waals surface area contributed by atoms with Gasteiger partial charge in [-0.2, -0.15) is 0 Å². The fraction of sp³-hybridized carbons (Fsp3) is 0.750. The van der Waals surface area contributed by atoms with Crippen LogP contribution in [-0.4, -0.2) is 74.8 Å². The number of morpholine rings is 1. The molecule has 3 heterocycles. The van der Waals surface area contributed by atoms with E-state index in [4.69, 9.17) is 9.73 Å². The van der Waals surface area contributed by atoms with Crippen LogP contribution in [0.15, 0.2) is 22.5 Å². The molecular weight excluding hydrogens is 471 g/mol. The number of aliphatic imine (C=N–C) groups is 1. The first-order valence-corrected chi connectivity index (χ1v) is 10.8. The highest BCUT2D eigenvalue weighted by molar-refractivity contribution is 14.0. The van der Waals surface area contributed by atoms with Gasteiger partial charge >= 0.3 is 0 Å². The Morgan fingerprint density at radius 2 is 2.11 bits per heavy atom. The lowest BCUT2D eigenvalue weighted by molar-refractivity contribution is 0.0315. The Labute approximate surface area is 185 Å². The molecule has 0 amide bonds. The number of rotatable bonds is 6. The van der Waals surface area contributed by atoms with E-state index in [9.17, 15) is 0 Å². The first-order valence-electron chi connectivity index (χ1n) is 9.96. The standard InChI is InChI=1S/C20H34N4OS.HI/c1-4-21-19(22-16-20(2,3)18-6-5-13-26-18)24-8-7-17(15-24)14-23-9-11-25-12-10-23;/h5-6,13,17H,4,7-12,14-16H2,1-3H3,(H,21,22);1H. The number of nitrogens with zero attached hydrogens (tertiary/aromatic N) is 3. The summed E-state index contributed by atoms with van der Waals surface area (Å²) in [6.07, 6.45) is 1.26. The fourth-order valence-electron chi connectivity index (χ4n) is 3.76. The van der Waals surface area contributed by atoms with Crippen LogP contribution in [0.5, 0.6) is 0 Å². The number of hydrogen-bond donors (Lipinski definition) is 1. The van der Waals surface area contributed by atoms with Crippen molar-refractivity contribution in [3.8, 4) is 0 Å². The Balaban J connectivity index is 0.00000261. The zero-order chi connectivity index (χ0) is 18.4. The molecule has 0 spiro atoms. The third-order valence-corrected chi connectivity index (χ3v) is 6.59. The van der Waals surface area contributed by atoms with Crippen molar-refractivity contribution in [2.75, 3.05) is 59.0 Å². The highest BCUT2D eigenvalue weighted by Crippen LogP contribution is 2.28. The molecule has 1 atom stereocenters. The normalized spacial score (nSPS) is 22.0. The Bertz CT molecular complexity index is 573. The molecular formula is C20H35IN4OS. The molecule has 0 aromatic carbocycles. The first-order chi connectivity index (χ1) is 12.6. The van der Waals surface area contributed by atoms with Gasteiger partial charge in [0, 0.05) is 49.6 Å². The van der Waals surface area contributed by atoms with Crippen molar-refractivity contribution in [1.82, 2.24) is 15.1 Å². The van der Waals surface area contributed by atoms with E-state index in [1.54, 1.807) is 0 Å². The SMILES string of the molecule is CCNC(=NCC(C)(C)c1cccs1)N1CCC(CN2CCOCC2)C1.I. The zero-order valence-corrected chi connectivity index (χ0v) is 20.1. The van der Waals surface area contributed by atoms with Crippen molar-refractivity contribution < 1.29 is 4.74 Å². The van der Waals surface area contributed by atoms with Gasteiger partial charge in [0.1, 0.15) is 0 Å². The summed E-state index contributed by atoms with van der Waals surface area (Å²) < 4.78 is 5.47. The molecule has 3 rings (SSSR count). The molecule has 154 valence electrons. The number of nitrogens with one attached hydrogen (secondary N) is 1. The molecule has 1 aromatic heterocycles. The molecule has 0 aliphatic carbocycles. The number of hydrogen-bond acceptors (Lipinski definition) is 4. The Morgan fingerprint density at radius 3 is 2.78 bits per heavy atom. The van der Waals surface area contributed by atoms with Crippen LogP contribution in [0.2, 0.25) is 0 Å². The second-order valence-electron chi connectivity index (χ2n) is 8.05. The van der Waals surface area contributed by atoms with Crippen LogP contribution in [0.25, 0.3) is 0 Å². The van der Waals surface area contributed by atoms with Gasteiger partial charge in [-0.1, -0.05) is 19.9 Å². The molecule has 1 unspecified atom stereocenters. The van der Waals surface area contributed by atoms with E-state index in [0.717, 1.165) is 64.4 Å². The molecule has 0 saturated carbocycles. The van der Waals surface area contributed by atoms with Gasteiger partial charge in [-0.3, -0.25) is 9.89 Å². The summed E-state index contributed by atoms with van der Waals surface area (Å²) >= 11 is 1.83. The van der Waals surface area contributed by atoms with Crippen LogP contribution >= 0.6 is 35.3 Å². The van der Waals surface area contributed by atoms with Crippen LogP contribution < -0.4 is 5.32 Å². The summed E-state index contributed by atoms with van der Waals surface area (Å²) in [5.41, 5.74) is 0.0851. The summed E-state index contributed by atoms with van der Waals surface area (Å²) in [6.45, 7) is 15.8. The van der Waals surface area contributed by atoms with Crippen LogP contribution in [-0.2, 0) is 10.2 Å². The van der Waals surface area contributed by atoms with Crippen molar-refractivity contribution in [1.29, 1.82) is 0 Å². The van der Waals surface area contributed by atoms with Crippen molar-refractivity contribution >= 4 is 41.3 Å². The van der Waals surface area contributed by atoms with Crippen molar-refractivity contribution in [2.24, 2.45) is 10.9 Å². The van der Waals surface area contributed by atoms with Gasteiger partial charge in [0.2, 0.25) is 0 Å². The number of halogens is 1. The second-order valence-corrected chi connectivity index (χ2v) is 8.99. The molecule has 5 nitrogen and oxygen atoms in total. The number of guanidine groups is 1. The van der Waals surface area contributed by atoms with Gasteiger partial charge in [0.15, 0.2) is 5.96 Å². The van der Waals surface area contributed by atoms with Crippen LogP contribution in [0.1, 0.15) is 32.1 Å². The van der Waals surface area contributed by atoms with E-state index in [0.29, 0.717) is 0 Å². The minimum Gasteiger partial charge on any atom is -0.379 e. The Morgan fingerprint density at radius 1 is 1.33 bits per heavy atom. The summed E-state index contributed by atoms with van der Waals surface area (Å²) in [7, 11) is 0. The first kappa shape index (κ1) is 22.9. The molecule has 2 aliphatic heterocycles. The van der Waals surface area contributed by atoms with Gasteiger partial charge in [-0.15, -0.1) is 35.3 Å². The summed E-state index contributed by atoms with van der Waals surface area (Å²) in [6, 6.07) is 4.36. The Hall–Kier alpha value is -0.380. The maximum absolute atomic E-state index is 5.47. The van der Waals surface area contributed by atoms with Crippen LogP contribution in [0, 0.1) is 5.92 Å². The summed E-state index contributed by atoms with van der Waals surface area (Å²) in [5.74, 6) is 1.82. The van der Waals surface area contributed by atoms with E-state index >= 15 is 0 Å². The largest absolute Gasteiger partial charge is 0.379 e. The average Bonchev–Trinajstić information content (AvgIpc) is 3.32.